The van der Waals surface area contributed by atoms with E-state index in [1.165, 1.54) is 0 Å². The predicted molar refractivity (Wildman–Crippen MR) is 135 cm³/mol. The van der Waals surface area contributed by atoms with Crippen LogP contribution in [0.4, 0.5) is 26.3 Å². The Balaban J connectivity index is 0.000000708. The summed E-state index contributed by atoms with van der Waals surface area (Å²) in [6, 6.07) is 7.56. The molecular weight excluding hydrogens is 544 g/mol. The van der Waals surface area contributed by atoms with Gasteiger partial charge in [-0.1, -0.05) is 26.0 Å². The van der Waals surface area contributed by atoms with E-state index in [-0.39, 0.29) is 24.3 Å². The number of rotatable bonds is 8. The molecule has 6 nitrogen and oxygen atoms in total. The summed E-state index contributed by atoms with van der Waals surface area (Å²) in [5.41, 5.74) is 1.27. The molecule has 0 saturated heterocycles. The number of alkyl halides is 6. The number of hydrogen-bond donors (Lipinski definition) is 2. The Hall–Kier alpha value is -3.02. The highest BCUT2D eigenvalue weighted by Crippen LogP contribution is 2.42. The van der Waals surface area contributed by atoms with E-state index in [9.17, 15) is 36.2 Å². The third-order valence-corrected chi connectivity index (χ3v) is 6.94. The smallest absolute Gasteiger partial charge is 0.481 e. The van der Waals surface area contributed by atoms with Gasteiger partial charge in [0.05, 0.1) is 12.1 Å². The Morgan fingerprint density at radius 3 is 2.02 bits per heavy atom. The van der Waals surface area contributed by atoms with E-state index in [1.807, 2.05) is 19.9 Å². The standard InChI is InChI=1S/C26H34F3NO3.C2HF3O2/c1-16(2)14-30(15-22-11-17(3)18(4)33-22)24-10-5-19(13-25(31)32)12-23(24)20-6-8-21(9-7-20)26(27,28)29;3-2(4,5)1(6)7/h6-9,11,16,19,23-24H,5,10,12-15H2,1-4H3,(H,31,32);(H,6,7)/t19-,23+,24-;/m1./s1. The Morgan fingerprint density at radius 1 is 1.02 bits per heavy atom. The summed E-state index contributed by atoms with van der Waals surface area (Å²) in [6.45, 7) is 9.69. The van der Waals surface area contributed by atoms with Gasteiger partial charge in [-0.05, 0) is 80.2 Å². The maximum Gasteiger partial charge on any atom is 0.490 e. The molecule has 0 aliphatic heterocycles. The van der Waals surface area contributed by atoms with Crippen LogP contribution >= 0.6 is 0 Å². The predicted octanol–water partition coefficient (Wildman–Crippen LogP) is 7.43. The fraction of sp³-hybridized carbons (Fsp3) is 0.571. The maximum absolute atomic E-state index is 13.1. The second-order valence-electron chi connectivity index (χ2n) is 10.6. The molecule has 1 saturated carbocycles. The van der Waals surface area contributed by atoms with Crippen molar-refractivity contribution in [3.8, 4) is 0 Å². The number of carboxylic acids is 2. The fourth-order valence-corrected chi connectivity index (χ4v) is 5.10. The lowest BCUT2D eigenvalue weighted by Gasteiger charge is -2.43. The molecule has 3 rings (SSSR count). The van der Waals surface area contributed by atoms with E-state index in [0.717, 1.165) is 54.2 Å². The van der Waals surface area contributed by atoms with Crippen LogP contribution in [0, 0.1) is 25.7 Å². The number of nitrogens with zero attached hydrogens (tertiary/aromatic N) is 1. The molecule has 2 N–H and O–H groups in total. The average molecular weight is 580 g/mol. The molecule has 12 heteroatoms. The van der Waals surface area contributed by atoms with Crippen molar-refractivity contribution in [1.29, 1.82) is 0 Å². The van der Waals surface area contributed by atoms with Gasteiger partial charge in [-0.25, -0.2) is 4.79 Å². The summed E-state index contributed by atoms with van der Waals surface area (Å²) >= 11 is 0. The number of benzene rings is 1. The highest BCUT2D eigenvalue weighted by Gasteiger charge is 2.39. The van der Waals surface area contributed by atoms with Gasteiger partial charge in [0.1, 0.15) is 11.5 Å². The van der Waals surface area contributed by atoms with Crippen LogP contribution in [0.1, 0.15) is 73.7 Å². The Bertz CT molecular complexity index is 1100. The number of aryl methyl sites for hydroxylation is 2. The zero-order valence-corrected chi connectivity index (χ0v) is 22.8. The second kappa shape index (κ2) is 13.6. The number of carbonyl (C=O) groups is 2. The molecule has 1 fully saturated rings. The average Bonchev–Trinajstić information content (AvgIpc) is 3.13. The van der Waals surface area contributed by atoms with Crippen molar-refractivity contribution >= 4 is 11.9 Å². The fourth-order valence-electron chi connectivity index (χ4n) is 5.10. The molecule has 0 amide bonds. The number of furan rings is 1. The zero-order chi connectivity index (χ0) is 30.4. The van der Waals surface area contributed by atoms with Crippen molar-refractivity contribution in [3.05, 3.63) is 58.5 Å². The molecule has 1 aromatic heterocycles. The summed E-state index contributed by atoms with van der Waals surface area (Å²) < 4.78 is 77.0. The first-order chi connectivity index (χ1) is 18.4. The van der Waals surface area contributed by atoms with E-state index in [0.29, 0.717) is 18.9 Å². The first kappa shape index (κ1) is 33.2. The van der Waals surface area contributed by atoms with Gasteiger partial charge in [-0.3, -0.25) is 9.69 Å². The molecule has 0 radical (unpaired) electrons. The van der Waals surface area contributed by atoms with Crippen LogP contribution in [-0.2, 0) is 22.3 Å². The van der Waals surface area contributed by atoms with Crippen LogP contribution < -0.4 is 0 Å². The zero-order valence-electron chi connectivity index (χ0n) is 22.8. The summed E-state index contributed by atoms with van der Waals surface area (Å²) in [4.78, 5) is 22.6. The van der Waals surface area contributed by atoms with Crippen molar-refractivity contribution in [2.24, 2.45) is 11.8 Å². The number of aliphatic carboxylic acids is 2. The number of halogens is 6. The van der Waals surface area contributed by atoms with Crippen molar-refractivity contribution in [2.45, 2.75) is 84.2 Å². The van der Waals surface area contributed by atoms with Gasteiger partial charge in [-0.15, -0.1) is 0 Å². The Morgan fingerprint density at radius 2 is 1.60 bits per heavy atom. The highest BCUT2D eigenvalue weighted by molar-refractivity contribution is 5.73. The molecular formula is C28H35F6NO5. The van der Waals surface area contributed by atoms with Crippen molar-refractivity contribution < 1.29 is 50.6 Å². The van der Waals surface area contributed by atoms with Gasteiger partial charge in [-0.2, -0.15) is 26.3 Å². The van der Waals surface area contributed by atoms with Crippen LogP contribution in [0.25, 0.3) is 0 Å². The molecule has 224 valence electrons. The molecule has 0 unspecified atom stereocenters. The van der Waals surface area contributed by atoms with Gasteiger partial charge < -0.3 is 14.6 Å². The molecule has 0 spiro atoms. The minimum Gasteiger partial charge on any atom is -0.481 e. The van der Waals surface area contributed by atoms with Gasteiger partial charge in [0.25, 0.3) is 0 Å². The summed E-state index contributed by atoms with van der Waals surface area (Å²) in [5.74, 6) is -1.45. The van der Waals surface area contributed by atoms with Crippen molar-refractivity contribution in [2.75, 3.05) is 6.54 Å². The van der Waals surface area contributed by atoms with Crippen LogP contribution in [0.2, 0.25) is 0 Å². The van der Waals surface area contributed by atoms with E-state index < -0.39 is 29.9 Å². The molecule has 2 aromatic rings. The topological polar surface area (TPSA) is 91.0 Å². The van der Waals surface area contributed by atoms with E-state index in [2.05, 4.69) is 18.7 Å². The van der Waals surface area contributed by atoms with Crippen LogP contribution in [0.3, 0.4) is 0 Å². The van der Waals surface area contributed by atoms with E-state index >= 15 is 0 Å². The van der Waals surface area contributed by atoms with E-state index in [1.54, 1.807) is 12.1 Å². The maximum atomic E-state index is 13.1. The minimum absolute atomic E-state index is 0.0139. The number of hydrogen-bond acceptors (Lipinski definition) is 4. The summed E-state index contributed by atoms with van der Waals surface area (Å²) in [7, 11) is 0. The Labute approximate surface area is 229 Å². The molecule has 40 heavy (non-hydrogen) atoms. The van der Waals surface area contributed by atoms with E-state index in [4.69, 9.17) is 14.3 Å². The highest BCUT2D eigenvalue weighted by atomic mass is 19.4. The quantitative estimate of drug-likeness (QED) is 0.316. The lowest BCUT2D eigenvalue weighted by Crippen LogP contribution is -2.44. The Kier molecular flexibility index (Phi) is 11.3. The molecule has 1 aliphatic carbocycles. The molecule has 1 aliphatic rings. The van der Waals surface area contributed by atoms with Gasteiger partial charge >= 0.3 is 24.3 Å². The molecule has 0 bridgehead atoms. The normalized spacial score (nSPS) is 19.9. The lowest BCUT2D eigenvalue weighted by atomic mass is 9.72. The number of carboxylic acid groups (broad SMARTS) is 2. The largest absolute Gasteiger partial charge is 0.490 e. The molecule has 1 heterocycles. The summed E-state index contributed by atoms with van der Waals surface area (Å²) in [5, 5.41) is 16.4. The molecule has 1 aromatic carbocycles. The first-order valence-corrected chi connectivity index (χ1v) is 12.9. The SMILES string of the molecule is Cc1cc(CN(CC(C)C)[C@@H]2CC[C@@H](CC(=O)O)C[C@H]2c2ccc(C(F)(F)F)cc2)oc1C.O=C(O)C(F)(F)F. The van der Waals surface area contributed by atoms with Crippen LogP contribution in [0.5, 0.6) is 0 Å². The second-order valence-corrected chi connectivity index (χ2v) is 10.6. The van der Waals surface area contributed by atoms with Crippen molar-refractivity contribution in [1.82, 2.24) is 4.90 Å². The van der Waals surface area contributed by atoms with Gasteiger partial charge in [0.15, 0.2) is 0 Å². The first-order valence-electron chi connectivity index (χ1n) is 12.9. The third-order valence-electron chi connectivity index (χ3n) is 6.94. The monoisotopic (exact) mass is 579 g/mol. The summed E-state index contributed by atoms with van der Waals surface area (Å²) in [6.07, 6.45) is -7.14. The van der Waals surface area contributed by atoms with Gasteiger partial charge in [0, 0.05) is 19.0 Å². The van der Waals surface area contributed by atoms with Crippen LogP contribution in [-0.4, -0.2) is 45.8 Å². The molecule has 3 atom stereocenters. The third kappa shape index (κ3) is 9.87. The van der Waals surface area contributed by atoms with Crippen LogP contribution in [0.15, 0.2) is 34.7 Å². The van der Waals surface area contributed by atoms with Crippen molar-refractivity contribution in [3.63, 3.8) is 0 Å². The van der Waals surface area contributed by atoms with Gasteiger partial charge in [0.2, 0.25) is 0 Å². The lowest BCUT2D eigenvalue weighted by molar-refractivity contribution is -0.192. The minimum atomic E-state index is -5.08.